The van der Waals surface area contributed by atoms with Crippen molar-refractivity contribution in [1.29, 1.82) is 0 Å². The zero-order valence-electron chi connectivity index (χ0n) is 13.9. The summed E-state index contributed by atoms with van der Waals surface area (Å²) < 4.78 is 20.4. The van der Waals surface area contributed by atoms with E-state index in [1.165, 1.54) is 12.1 Å². The monoisotopic (exact) mass is 336 g/mol. The molecule has 0 saturated carbocycles. The van der Waals surface area contributed by atoms with Crippen molar-refractivity contribution in [2.24, 2.45) is 0 Å². The third kappa shape index (κ3) is 2.46. The molecule has 0 bridgehead atoms. The van der Waals surface area contributed by atoms with Gasteiger partial charge in [-0.05, 0) is 42.0 Å². The molecule has 2 N–H and O–H groups in total. The lowest BCUT2D eigenvalue weighted by Gasteiger charge is -2.27. The molecule has 0 aliphatic rings. The Morgan fingerprint density at radius 3 is 2.64 bits per heavy atom. The molecule has 0 atom stereocenters. The molecule has 2 aromatic carbocycles. The Hall–Kier alpha value is -3.15. The number of anilines is 1. The second-order valence-corrected chi connectivity index (χ2v) is 6.53. The summed E-state index contributed by atoms with van der Waals surface area (Å²) in [6, 6.07) is 12.2. The number of nitrogens with two attached hydrogens (primary N) is 1. The Morgan fingerprint density at radius 1 is 1.12 bits per heavy atom. The summed E-state index contributed by atoms with van der Waals surface area (Å²) in [5.41, 5.74) is 9.07. The van der Waals surface area contributed by atoms with Crippen LogP contribution >= 0.6 is 0 Å². The van der Waals surface area contributed by atoms with Gasteiger partial charge in [0.15, 0.2) is 11.4 Å². The van der Waals surface area contributed by atoms with Crippen LogP contribution < -0.4 is 5.73 Å². The van der Waals surface area contributed by atoms with Gasteiger partial charge in [-0.1, -0.05) is 25.1 Å². The number of hydrogen-bond acceptors (Lipinski definition) is 4. The lowest BCUT2D eigenvalue weighted by Crippen LogP contribution is -2.22. The van der Waals surface area contributed by atoms with E-state index in [9.17, 15) is 4.39 Å². The number of imidazole rings is 1. The molecule has 0 unspecified atom stereocenters. The van der Waals surface area contributed by atoms with Gasteiger partial charge in [0.25, 0.3) is 0 Å². The van der Waals surface area contributed by atoms with Crippen LogP contribution in [-0.2, 0) is 5.41 Å². The van der Waals surface area contributed by atoms with Crippen molar-refractivity contribution < 1.29 is 8.91 Å². The van der Waals surface area contributed by atoms with Gasteiger partial charge in [0.2, 0.25) is 0 Å². The third-order valence-electron chi connectivity index (χ3n) is 4.60. The summed E-state index contributed by atoms with van der Waals surface area (Å²) in [5, 5.41) is 4.59. The van der Waals surface area contributed by atoms with E-state index in [-0.39, 0.29) is 11.2 Å². The van der Waals surface area contributed by atoms with E-state index < -0.39 is 0 Å². The van der Waals surface area contributed by atoms with Crippen LogP contribution in [0.3, 0.4) is 0 Å². The molecule has 0 saturated heterocycles. The highest BCUT2D eigenvalue weighted by Crippen LogP contribution is 2.35. The van der Waals surface area contributed by atoms with Gasteiger partial charge in [-0.15, -0.1) is 0 Å². The van der Waals surface area contributed by atoms with Gasteiger partial charge in [0.05, 0.1) is 17.4 Å². The first-order chi connectivity index (χ1) is 12.0. The molecule has 25 heavy (non-hydrogen) atoms. The number of nitrogen functional groups attached to an aromatic ring is 1. The third-order valence-corrected chi connectivity index (χ3v) is 4.60. The summed E-state index contributed by atoms with van der Waals surface area (Å²) in [4.78, 5) is 4.30. The van der Waals surface area contributed by atoms with Gasteiger partial charge in [-0.2, -0.15) is 0 Å². The quantitative estimate of drug-likeness (QED) is 0.612. The van der Waals surface area contributed by atoms with Crippen molar-refractivity contribution in [2.75, 3.05) is 5.73 Å². The lowest BCUT2D eigenvalue weighted by atomic mass is 9.81. The van der Waals surface area contributed by atoms with E-state index in [0.29, 0.717) is 11.4 Å². The summed E-state index contributed by atoms with van der Waals surface area (Å²) in [5.74, 6) is 0.109. The van der Waals surface area contributed by atoms with Crippen molar-refractivity contribution in [2.45, 2.75) is 19.3 Å². The van der Waals surface area contributed by atoms with Crippen LogP contribution in [0.15, 0.2) is 59.5 Å². The van der Waals surface area contributed by atoms with Crippen LogP contribution in [0.2, 0.25) is 0 Å². The van der Waals surface area contributed by atoms with Gasteiger partial charge >= 0.3 is 0 Å². The Labute approximate surface area is 143 Å². The highest BCUT2D eigenvalue weighted by atomic mass is 19.1. The number of aromatic nitrogens is 3. The molecular weight excluding hydrogens is 319 g/mol. The Morgan fingerprint density at radius 2 is 1.88 bits per heavy atom. The first-order valence-electron chi connectivity index (χ1n) is 7.91. The zero-order valence-corrected chi connectivity index (χ0v) is 13.9. The average Bonchev–Trinajstić information content (AvgIpc) is 3.23. The highest BCUT2D eigenvalue weighted by Gasteiger charge is 2.28. The molecule has 5 nitrogen and oxygen atoms in total. The molecule has 6 heteroatoms. The van der Waals surface area contributed by atoms with Crippen molar-refractivity contribution in [3.63, 3.8) is 0 Å². The van der Waals surface area contributed by atoms with Crippen molar-refractivity contribution in [3.05, 3.63) is 72.1 Å². The summed E-state index contributed by atoms with van der Waals surface area (Å²) in [6.45, 7) is 4.21. The van der Waals surface area contributed by atoms with Gasteiger partial charge in [-0.3, -0.25) is 0 Å². The number of benzene rings is 2. The summed E-state index contributed by atoms with van der Waals surface area (Å²) in [7, 11) is 0. The second kappa shape index (κ2) is 5.44. The summed E-state index contributed by atoms with van der Waals surface area (Å²) >= 11 is 0. The molecule has 2 heterocycles. The minimum atomic E-state index is -0.358. The maximum absolute atomic E-state index is 13.2. The molecule has 0 aliphatic carbocycles. The van der Waals surface area contributed by atoms with E-state index in [2.05, 4.69) is 24.0 Å². The minimum absolute atomic E-state index is 0.266. The van der Waals surface area contributed by atoms with Crippen molar-refractivity contribution in [3.8, 4) is 5.69 Å². The number of hydrogen-bond donors (Lipinski definition) is 1. The van der Waals surface area contributed by atoms with Gasteiger partial charge in [0, 0.05) is 17.3 Å². The molecule has 0 aliphatic heterocycles. The van der Waals surface area contributed by atoms with Crippen molar-refractivity contribution in [1.82, 2.24) is 14.7 Å². The molecule has 0 fully saturated rings. The topological polar surface area (TPSA) is 69.9 Å². The van der Waals surface area contributed by atoms with Crippen LogP contribution in [0.1, 0.15) is 25.1 Å². The Kier molecular flexibility index (Phi) is 3.35. The van der Waals surface area contributed by atoms with Crippen LogP contribution in [0.4, 0.5) is 10.2 Å². The van der Waals surface area contributed by atoms with Crippen molar-refractivity contribution >= 4 is 16.8 Å². The number of halogens is 1. The van der Waals surface area contributed by atoms with Crippen LogP contribution in [0.25, 0.3) is 16.7 Å². The predicted molar refractivity (Wildman–Crippen MR) is 94.1 cm³/mol. The smallest absolute Gasteiger partial charge is 0.174 e. The van der Waals surface area contributed by atoms with Gasteiger partial charge in [-0.25, -0.2) is 9.37 Å². The molecule has 0 amide bonds. The molecule has 4 aromatic rings. The number of rotatable bonds is 3. The van der Waals surface area contributed by atoms with E-state index >= 15 is 0 Å². The molecule has 0 spiro atoms. The standard InChI is InChI=1S/C19H17FN4O/c1-19(2,12-3-8-16-15(9-12)18(21)23-25-16)17-10-22-11-24(17)14-6-4-13(20)5-7-14/h3-11H,1-2H3,(H2,21,23). The molecule has 0 radical (unpaired) electrons. The Balaban J connectivity index is 1.83. The second-order valence-electron chi connectivity index (χ2n) is 6.53. The number of nitrogens with zero attached hydrogens (tertiary/aromatic N) is 3. The average molecular weight is 336 g/mol. The van der Waals surface area contributed by atoms with Gasteiger partial charge in [0.1, 0.15) is 5.82 Å². The van der Waals surface area contributed by atoms with E-state index in [1.54, 1.807) is 18.5 Å². The lowest BCUT2D eigenvalue weighted by molar-refractivity contribution is 0.460. The molecular formula is C19H17FN4O. The fraction of sp³-hybridized carbons (Fsp3) is 0.158. The highest BCUT2D eigenvalue weighted by molar-refractivity contribution is 5.87. The van der Waals surface area contributed by atoms with E-state index in [0.717, 1.165) is 22.3 Å². The maximum atomic E-state index is 13.2. The molecule has 4 rings (SSSR count). The van der Waals surface area contributed by atoms with Crippen LogP contribution in [0.5, 0.6) is 0 Å². The summed E-state index contributed by atoms with van der Waals surface area (Å²) in [6.07, 6.45) is 3.56. The first-order valence-corrected chi connectivity index (χ1v) is 7.91. The Bertz CT molecular complexity index is 1050. The first kappa shape index (κ1) is 15.4. The number of fused-ring (bicyclic) bond motifs is 1. The molecule has 126 valence electrons. The fourth-order valence-corrected chi connectivity index (χ4v) is 3.06. The SMILES string of the molecule is CC(C)(c1ccc2onc(N)c2c1)c1cncn1-c1ccc(F)cc1. The predicted octanol–water partition coefficient (Wildman–Crippen LogP) is 4.06. The van der Waals surface area contributed by atoms with E-state index in [1.807, 2.05) is 29.0 Å². The van der Waals surface area contributed by atoms with Crippen LogP contribution in [0, 0.1) is 5.82 Å². The minimum Gasteiger partial charge on any atom is -0.380 e. The maximum Gasteiger partial charge on any atom is 0.174 e. The molecule has 2 aromatic heterocycles. The van der Waals surface area contributed by atoms with Crippen LogP contribution in [-0.4, -0.2) is 14.7 Å². The fourth-order valence-electron chi connectivity index (χ4n) is 3.06. The van der Waals surface area contributed by atoms with Gasteiger partial charge < -0.3 is 14.8 Å². The van der Waals surface area contributed by atoms with E-state index in [4.69, 9.17) is 10.3 Å². The normalized spacial score (nSPS) is 12.0. The largest absolute Gasteiger partial charge is 0.380 e. The zero-order chi connectivity index (χ0) is 17.6.